The molecule has 0 spiro atoms. The van der Waals surface area contributed by atoms with Gasteiger partial charge in [0.05, 0.1) is 5.02 Å². The van der Waals surface area contributed by atoms with Crippen LogP contribution in [-0.2, 0) is 0 Å². The molecule has 1 aromatic carbocycles. The van der Waals surface area contributed by atoms with Gasteiger partial charge in [0.2, 0.25) is 0 Å². The third kappa shape index (κ3) is 3.75. The fraction of sp³-hybridized carbons (Fsp3) is 0.647. The van der Waals surface area contributed by atoms with Gasteiger partial charge in [0.25, 0.3) is 0 Å². The minimum absolute atomic E-state index is 0.132. The maximum atomic E-state index is 14.3. The van der Waals surface area contributed by atoms with Gasteiger partial charge in [-0.25, -0.2) is 8.78 Å². The van der Waals surface area contributed by atoms with Crippen LogP contribution < -0.4 is 5.32 Å². The lowest BCUT2D eigenvalue weighted by Crippen LogP contribution is -2.35. The van der Waals surface area contributed by atoms with E-state index in [1.54, 1.807) is 0 Å². The highest BCUT2D eigenvalue weighted by atomic mass is 35.5. The Labute approximate surface area is 131 Å². The molecular formula is C17H24ClF2N. The molecule has 0 saturated heterocycles. The molecule has 0 heterocycles. The average molecular weight is 316 g/mol. The van der Waals surface area contributed by atoms with Crippen molar-refractivity contribution in [1.29, 1.82) is 0 Å². The van der Waals surface area contributed by atoms with Crippen LogP contribution >= 0.6 is 11.6 Å². The van der Waals surface area contributed by atoms with Crippen molar-refractivity contribution in [3.8, 4) is 0 Å². The zero-order chi connectivity index (χ0) is 15.4. The molecule has 1 aliphatic rings. The Morgan fingerprint density at radius 2 is 1.90 bits per heavy atom. The molecule has 0 aromatic heterocycles. The lowest BCUT2D eigenvalue weighted by atomic mass is 9.72. The second-order valence-corrected chi connectivity index (χ2v) is 6.35. The lowest BCUT2D eigenvalue weighted by Gasteiger charge is -2.37. The van der Waals surface area contributed by atoms with Gasteiger partial charge in [0, 0.05) is 11.6 Å². The first kappa shape index (κ1) is 16.7. The average Bonchev–Trinajstić information content (AvgIpc) is 2.49. The molecule has 1 N–H and O–H groups in total. The summed E-state index contributed by atoms with van der Waals surface area (Å²) in [5.74, 6) is -0.0210. The summed E-state index contributed by atoms with van der Waals surface area (Å²) >= 11 is 5.67. The van der Waals surface area contributed by atoms with Crippen LogP contribution in [-0.4, -0.2) is 6.54 Å². The summed E-state index contributed by atoms with van der Waals surface area (Å²) in [6.45, 7) is 4.92. The second kappa shape index (κ2) is 7.55. The molecule has 4 heteroatoms. The highest BCUT2D eigenvalue weighted by molar-refractivity contribution is 6.30. The molecule has 3 unspecified atom stereocenters. The SMILES string of the molecule is CCNC(c1cc(F)c(Cl)cc1F)C1CCCCC1CC. The number of rotatable bonds is 5. The number of benzene rings is 1. The Hall–Kier alpha value is -0.670. The topological polar surface area (TPSA) is 12.0 Å². The molecule has 1 aliphatic carbocycles. The fourth-order valence-electron chi connectivity index (χ4n) is 3.67. The van der Waals surface area contributed by atoms with Crippen molar-refractivity contribution in [2.45, 2.75) is 52.0 Å². The van der Waals surface area contributed by atoms with E-state index in [9.17, 15) is 8.78 Å². The monoisotopic (exact) mass is 315 g/mol. The normalized spacial score (nSPS) is 24.0. The van der Waals surface area contributed by atoms with Gasteiger partial charge in [-0.3, -0.25) is 0 Å². The molecule has 2 rings (SSSR count). The summed E-state index contributed by atoms with van der Waals surface area (Å²) in [4.78, 5) is 0. The summed E-state index contributed by atoms with van der Waals surface area (Å²) < 4.78 is 28.1. The first-order chi connectivity index (χ1) is 10.1. The summed E-state index contributed by atoms with van der Waals surface area (Å²) in [6, 6.07) is 2.24. The molecule has 0 bridgehead atoms. The molecule has 1 saturated carbocycles. The summed E-state index contributed by atoms with van der Waals surface area (Å²) in [7, 11) is 0. The first-order valence-corrected chi connectivity index (χ1v) is 8.34. The molecule has 0 amide bonds. The van der Waals surface area contributed by atoms with Crippen molar-refractivity contribution in [3.63, 3.8) is 0 Å². The first-order valence-electron chi connectivity index (χ1n) is 7.96. The number of hydrogen-bond acceptors (Lipinski definition) is 1. The van der Waals surface area contributed by atoms with E-state index in [1.807, 2.05) is 6.92 Å². The molecule has 0 aliphatic heterocycles. The van der Waals surface area contributed by atoms with Crippen LogP contribution in [0.3, 0.4) is 0 Å². The fourth-order valence-corrected chi connectivity index (χ4v) is 3.82. The third-order valence-electron chi connectivity index (χ3n) is 4.72. The molecule has 21 heavy (non-hydrogen) atoms. The van der Waals surface area contributed by atoms with Crippen molar-refractivity contribution < 1.29 is 8.78 Å². The zero-order valence-corrected chi connectivity index (χ0v) is 13.5. The quantitative estimate of drug-likeness (QED) is 0.709. The van der Waals surface area contributed by atoms with Crippen LogP contribution in [0.4, 0.5) is 8.78 Å². The highest BCUT2D eigenvalue weighted by Crippen LogP contribution is 2.41. The zero-order valence-electron chi connectivity index (χ0n) is 12.8. The molecule has 1 aromatic rings. The molecule has 118 valence electrons. The van der Waals surface area contributed by atoms with Crippen molar-refractivity contribution in [1.82, 2.24) is 5.32 Å². The van der Waals surface area contributed by atoms with Gasteiger partial charge < -0.3 is 5.32 Å². The maximum absolute atomic E-state index is 14.3. The number of halogens is 3. The standard InChI is InChI=1S/C17H24ClF2N/c1-3-11-7-5-6-8-12(11)17(21-4-2)13-9-16(20)14(18)10-15(13)19/h9-12,17,21H,3-8H2,1-2H3. The van der Waals surface area contributed by atoms with Crippen LogP contribution in [0.25, 0.3) is 0 Å². The Kier molecular flexibility index (Phi) is 6.00. The predicted octanol–water partition coefficient (Wildman–Crippen LogP) is 5.49. The van der Waals surface area contributed by atoms with E-state index in [4.69, 9.17) is 11.6 Å². The van der Waals surface area contributed by atoms with Crippen LogP contribution in [0.1, 0.15) is 57.6 Å². The molecule has 0 radical (unpaired) electrons. The number of hydrogen-bond donors (Lipinski definition) is 1. The van der Waals surface area contributed by atoms with Gasteiger partial charge in [0.1, 0.15) is 11.6 Å². The van der Waals surface area contributed by atoms with E-state index in [1.165, 1.54) is 25.3 Å². The largest absolute Gasteiger partial charge is 0.310 e. The van der Waals surface area contributed by atoms with Gasteiger partial charge >= 0.3 is 0 Å². The van der Waals surface area contributed by atoms with Crippen LogP contribution in [0.15, 0.2) is 12.1 Å². The molecular weight excluding hydrogens is 292 g/mol. The Morgan fingerprint density at radius 1 is 1.19 bits per heavy atom. The van der Waals surface area contributed by atoms with Gasteiger partial charge in [-0.05, 0) is 36.9 Å². The third-order valence-corrected chi connectivity index (χ3v) is 5.01. The maximum Gasteiger partial charge on any atom is 0.142 e. The highest BCUT2D eigenvalue weighted by Gasteiger charge is 2.33. The number of nitrogens with one attached hydrogen (secondary N) is 1. The van der Waals surface area contributed by atoms with Crippen LogP contribution in [0.5, 0.6) is 0 Å². The van der Waals surface area contributed by atoms with Crippen molar-refractivity contribution >= 4 is 11.6 Å². The minimum Gasteiger partial charge on any atom is -0.310 e. The van der Waals surface area contributed by atoms with E-state index >= 15 is 0 Å². The molecule has 1 fully saturated rings. The van der Waals surface area contributed by atoms with E-state index in [-0.39, 0.29) is 11.1 Å². The van der Waals surface area contributed by atoms with Crippen molar-refractivity contribution in [2.24, 2.45) is 11.8 Å². The second-order valence-electron chi connectivity index (χ2n) is 5.94. The van der Waals surface area contributed by atoms with Gasteiger partial charge in [-0.15, -0.1) is 0 Å². The Morgan fingerprint density at radius 3 is 2.57 bits per heavy atom. The summed E-state index contributed by atoms with van der Waals surface area (Å²) in [5, 5.41) is 3.22. The molecule has 3 atom stereocenters. The van der Waals surface area contributed by atoms with E-state index in [0.717, 1.165) is 25.5 Å². The van der Waals surface area contributed by atoms with Crippen molar-refractivity contribution in [2.75, 3.05) is 6.54 Å². The minimum atomic E-state index is -0.542. The smallest absolute Gasteiger partial charge is 0.142 e. The van der Waals surface area contributed by atoms with Gasteiger partial charge in [-0.1, -0.05) is 51.1 Å². The summed E-state index contributed by atoms with van der Waals surface area (Å²) in [5.41, 5.74) is 0.420. The van der Waals surface area contributed by atoms with Gasteiger partial charge in [-0.2, -0.15) is 0 Å². The Balaban J connectivity index is 2.35. The predicted molar refractivity (Wildman–Crippen MR) is 83.5 cm³/mol. The summed E-state index contributed by atoms with van der Waals surface area (Å²) in [6.07, 6.45) is 5.75. The van der Waals surface area contributed by atoms with E-state index in [0.29, 0.717) is 17.4 Å². The molecule has 1 nitrogen and oxygen atoms in total. The van der Waals surface area contributed by atoms with Crippen LogP contribution in [0.2, 0.25) is 5.02 Å². The van der Waals surface area contributed by atoms with Gasteiger partial charge in [0.15, 0.2) is 0 Å². The van der Waals surface area contributed by atoms with Crippen LogP contribution in [0, 0.1) is 23.5 Å². The van der Waals surface area contributed by atoms with E-state index < -0.39 is 11.6 Å². The Bertz CT molecular complexity index is 478. The van der Waals surface area contributed by atoms with E-state index in [2.05, 4.69) is 12.2 Å². The lowest BCUT2D eigenvalue weighted by molar-refractivity contribution is 0.174. The van der Waals surface area contributed by atoms with Crippen molar-refractivity contribution in [3.05, 3.63) is 34.4 Å².